The molecule has 0 saturated heterocycles. The van der Waals surface area contributed by atoms with E-state index in [2.05, 4.69) is 42.5 Å². The van der Waals surface area contributed by atoms with Crippen LogP contribution in [0.2, 0.25) is 0 Å². The maximum absolute atomic E-state index is 14.7. The van der Waals surface area contributed by atoms with Gasteiger partial charge in [0.05, 0.1) is 50.1 Å². The Morgan fingerprint density at radius 2 is 0.812 bits per heavy atom. The van der Waals surface area contributed by atoms with Gasteiger partial charge < -0.3 is 9.13 Å². The Balaban J connectivity index is 1.35. The van der Waals surface area contributed by atoms with Gasteiger partial charge in [-0.2, -0.15) is 31.6 Å². The number of fused-ring (bicyclic) bond motifs is 6. The number of hydrogen-bond donors (Lipinski definition) is 0. The molecule has 64 heavy (non-hydrogen) atoms. The summed E-state index contributed by atoms with van der Waals surface area (Å²) >= 11 is 0. The molecule has 0 amide bonds. The van der Waals surface area contributed by atoms with E-state index in [1.807, 2.05) is 122 Å². The number of halogens is 6. The van der Waals surface area contributed by atoms with E-state index in [1.165, 1.54) is 0 Å². The number of nitrogens with zero attached hydrogens (tertiary/aromatic N) is 3. The molecule has 0 radical (unpaired) electrons. The average Bonchev–Trinajstić information content (AvgIpc) is 3.76. The van der Waals surface area contributed by atoms with Crippen molar-refractivity contribution < 1.29 is 26.3 Å². The number of nitriles is 1. The van der Waals surface area contributed by atoms with Crippen molar-refractivity contribution in [3.63, 3.8) is 0 Å². The van der Waals surface area contributed by atoms with Crippen LogP contribution in [0.3, 0.4) is 0 Å². The summed E-state index contributed by atoms with van der Waals surface area (Å²) in [4.78, 5) is 0. The second kappa shape index (κ2) is 14.8. The van der Waals surface area contributed by atoms with Crippen molar-refractivity contribution in [1.82, 2.24) is 9.13 Å². The molecule has 8 aromatic carbocycles. The van der Waals surface area contributed by atoms with Crippen molar-refractivity contribution in [3.05, 3.63) is 191 Å². The summed E-state index contributed by atoms with van der Waals surface area (Å²) in [5.74, 6) is 0. The molecular formula is C55H37F6N3. The summed E-state index contributed by atoms with van der Waals surface area (Å²) < 4.78 is 91.8. The minimum absolute atomic E-state index is 0.0708. The van der Waals surface area contributed by atoms with Crippen LogP contribution in [0.5, 0.6) is 0 Å². The van der Waals surface area contributed by atoms with Gasteiger partial charge in [-0.05, 0) is 110 Å². The Morgan fingerprint density at radius 1 is 0.391 bits per heavy atom. The summed E-state index contributed by atoms with van der Waals surface area (Å²) in [6.45, 7) is 8.06. The molecule has 314 valence electrons. The Labute approximate surface area is 364 Å². The number of alkyl halides is 6. The van der Waals surface area contributed by atoms with Crippen LogP contribution in [0.1, 0.15) is 38.9 Å². The van der Waals surface area contributed by atoms with Gasteiger partial charge in [0.1, 0.15) is 6.07 Å². The van der Waals surface area contributed by atoms with Crippen molar-refractivity contribution in [2.45, 2.75) is 40.0 Å². The standard InChI is InChI=1S/C55H37F6N3/c1-31-17-32(2)20-37(19-31)35-13-15-45-43-9-5-7-11-48(43)63(51(45)25-35)50-29-47(39-23-41(54(56,57)58)28-42(24-39)55(59,60)61)53(27-40(50)30-62)64-49-12-8-6-10-44(49)46-16-14-36(26-52(46)64)38-21-33(3)18-34(4)22-38/h5-29H,1-4H3. The van der Waals surface area contributed by atoms with Crippen LogP contribution in [0.25, 0.3) is 88.4 Å². The van der Waals surface area contributed by atoms with E-state index in [9.17, 15) is 31.6 Å². The first-order valence-electron chi connectivity index (χ1n) is 20.7. The van der Waals surface area contributed by atoms with Gasteiger partial charge in [-0.1, -0.05) is 119 Å². The van der Waals surface area contributed by atoms with Crippen molar-refractivity contribution in [3.8, 4) is 50.8 Å². The number of rotatable bonds is 5. The van der Waals surface area contributed by atoms with E-state index in [0.29, 0.717) is 27.8 Å². The summed E-state index contributed by atoms with van der Waals surface area (Å²) in [7, 11) is 0. The number of hydrogen-bond acceptors (Lipinski definition) is 1. The fourth-order valence-electron chi connectivity index (χ4n) is 9.48. The molecule has 0 aliphatic carbocycles. The monoisotopic (exact) mass is 853 g/mol. The molecule has 0 spiro atoms. The Morgan fingerprint density at radius 3 is 1.25 bits per heavy atom. The van der Waals surface area contributed by atoms with Gasteiger partial charge in [-0.3, -0.25) is 0 Å². The van der Waals surface area contributed by atoms with Crippen LogP contribution in [-0.2, 0) is 12.4 Å². The Bertz CT molecular complexity index is 3520. The third-order valence-corrected chi connectivity index (χ3v) is 12.1. The van der Waals surface area contributed by atoms with Gasteiger partial charge >= 0.3 is 12.4 Å². The van der Waals surface area contributed by atoms with Gasteiger partial charge in [-0.25, -0.2) is 0 Å². The van der Waals surface area contributed by atoms with Crippen molar-refractivity contribution in [2.24, 2.45) is 0 Å². The number of para-hydroxylation sites is 2. The molecule has 0 N–H and O–H groups in total. The van der Waals surface area contributed by atoms with Gasteiger partial charge in [0.2, 0.25) is 0 Å². The molecule has 0 aliphatic heterocycles. The maximum atomic E-state index is 14.7. The lowest BCUT2D eigenvalue weighted by Gasteiger charge is -2.21. The second-order valence-corrected chi connectivity index (χ2v) is 16.7. The van der Waals surface area contributed by atoms with E-state index in [4.69, 9.17) is 0 Å². The first kappa shape index (κ1) is 40.5. The fourth-order valence-corrected chi connectivity index (χ4v) is 9.48. The normalized spacial score (nSPS) is 12.2. The zero-order chi connectivity index (χ0) is 44.8. The zero-order valence-corrected chi connectivity index (χ0v) is 35.0. The molecule has 0 atom stereocenters. The minimum Gasteiger partial charge on any atom is -0.309 e. The SMILES string of the molecule is Cc1cc(C)cc(-c2ccc3c4ccccc4n(-c4cc(-c5cc(C(F)(F)F)cc(C(F)(F)F)c5)c(-n5c6ccccc6c6ccc(-c7cc(C)cc(C)c7)cc65)cc4C#N)c3c2)c1. The van der Waals surface area contributed by atoms with Crippen LogP contribution in [0.15, 0.2) is 152 Å². The topological polar surface area (TPSA) is 33.6 Å². The molecule has 10 aromatic rings. The number of aromatic nitrogens is 2. The van der Waals surface area contributed by atoms with E-state index < -0.39 is 23.5 Å². The highest BCUT2D eigenvalue weighted by Gasteiger charge is 2.37. The molecule has 10 rings (SSSR count). The van der Waals surface area contributed by atoms with Gasteiger partial charge in [0, 0.05) is 27.1 Å². The molecule has 0 fully saturated rings. The van der Waals surface area contributed by atoms with Crippen LogP contribution in [-0.4, -0.2) is 9.13 Å². The predicted octanol–water partition coefficient (Wildman–Crippen LogP) is 16.0. The predicted molar refractivity (Wildman–Crippen MR) is 245 cm³/mol. The van der Waals surface area contributed by atoms with Crippen LogP contribution in [0, 0.1) is 39.0 Å². The third-order valence-electron chi connectivity index (χ3n) is 12.1. The fraction of sp³-hybridized carbons (Fsp3) is 0.109. The van der Waals surface area contributed by atoms with Crippen LogP contribution >= 0.6 is 0 Å². The minimum atomic E-state index is -5.10. The highest BCUT2D eigenvalue weighted by atomic mass is 19.4. The molecule has 0 saturated carbocycles. The number of aryl methyl sites for hydroxylation is 4. The maximum Gasteiger partial charge on any atom is 0.416 e. The van der Waals surface area contributed by atoms with E-state index in [1.54, 1.807) is 12.1 Å². The first-order valence-corrected chi connectivity index (χ1v) is 20.7. The van der Waals surface area contributed by atoms with Crippen molar-refractivity contribution in [2.75, 3.05) is 0 Å². The highest BCUT2D eigenvalue weighted by molar-refractivity contribution is 6.12. The third kappa shape index (κ3) is 6.87. The summed E-state index contributed by atoms with van der Waals surface area (Å²) in [5.41, 5.74) is 8.28. The molecule has 3 nitrogen and oxygen atoms in total. The van der Waals surface area contributed by atoms with E-state index in [-0.39, 0.29) is 28.4 Å². The van der Waals surface area contributed by atoms with Crippen LogP contribution in [0.4, 0.5) is 26.3 Å². The summed E-state index contributed by atoms with van der Waals surface area (Å²) in [5, 5.41) is 14.5. The Hall–Kier alpha value is -7.57. The highest BCUT2D eigenvalue weighted by Crippen LogP contribution is 2.45. The smallest absolute Gasteiger partial charge is 0.309 e. The zero-order valence-electron chi connectivity index (χ0n) is 35.0. The molecule has 0 aliphatic rings. The number of benzene rings is 8. The van der Waals surface area contributed by atoms with E-state index >= 15 is 0 Å². The summed E-state index contributed by atoms with van der Waals surface area (Å²) in [6.07, 6.45) is -10.2. The first-order chi connectivity index (χ1) is 30.5. The van der Waals surface area contributed by atoms with Gasteiger partial charge in [0.25, 0.3) is 0 Å². The Kier molecular flexibility index (Phi) is 9.35. The average molecular weight is 854 g/mol. The van der Waals surface area contributed by atoms with Gasteiger partial charge in [-0.15, -0.1) is 0 Å². The molecule has 2 aromatic heterocycles. The van der Waals surface area contributed by atoms with Crippen molar-refractivity contribution >= 4 is 43.6 Å². The lowest BCUT2D eigenvalue weighted by molar-refractivity contribution is -0.143. The molecular weight excluding hydrogens is 817 g/mol. The molecule has 9 heteroatoms. The summed E-state index contributed by atoms with van der Waals surface area (Å²) in [6, 6.07) is 46.8. The largest absolute Gasteiger partial charge is 0.416 e. The van der Waals surface area contributed by atoms with Crippen LogP contribution < -0.4 is 0 Å². The lowest BCUT2D eigenvalue weighted by Crippen LogP contribution is -2.11. The molecule has 0 unspecified atom stereocenters. The second-order valence-electron chi connectivity index (χ2n) is 16.7. The van der Waals surface area contributed by atoms with Crippen molar-refractivity contribution in [1.29, 1.82) is 5.26 Å². The van der Waals surface area contributed by atoms with Gasteiger partial charge in [0.15, 0.2) is 0 Å². The molecule has 2 heterocycles. The lowest BCUT2D eigenvalue weighted by atomic mass is 9.95. The molecule has 0 bridgehead atoms. The quantitative estimate of drug-likeness (QED) is 0.159. The van der Waals surface area contributed by atoms with E-state index in [0.717, 1.165) is 78.2 Å².